The van der Waals surface area contributed by atoms with Crippen molar-refractivity contribution in [3.05, 3.63) is 28.2 Å². The van der Waals surface area contributed by atoms with Gasteiger partial charge in [0, 0.05) is 16.7 Å². The summed E-state index contributed by atoms with van der Waals surface area (Å²) in [7, 11) is 0. The van der Waals surface area contributed by atoms with Gasteiger partial charge in [0.15, 0.2) is 0 Å². The van der Waals surface area contributed by atoms with Crippen molar-refractivity contribution in [1.82, 2.24) is 0 Å². The van der Waals surface area contributed by atoms with Crippen LogP contribution < -0.4 is 4.90 Å². The summed E-state index contributed by atoms with van der Waals surface area (Å²) < 4.78 is 1.04. The minimum absolute atomic E-state index is 0.248. The fraction of sp³-hybridized carbons (Fsp3) is 0.500. The maximum absolute atomic E-state index is 12.5. The molecule has 1 amide bonds. The maximum atomic E-state index is 12.5. The molecule has 0 spiro atoms. The molecule has 0 unspecified atom stereocenters. The molecule has 17 heavy (non-hydrogen) atoms. The summed E-state index contributed by atoms with van der Waals surface area (Å²) in [6.07, 6.45) is 2.54. The van der Waals surface area contributed by atoms with Crippen LogP contribution in [0.25, 0.3) is 0 Å². The number of carbonyl (C=O) groups excluding carboxylic acids is 1. The molecular weight excluding hydrogens is 278 g/mol. The summed E-state index contributed by atoms with van der Waals surface area (Å²) in [6, 6.07) is 6.17. The van der Waals surface area contributed by atoms with Crippen molar-refractivity contribution in [2.24, 2.45) is 5.92 Å². The molecule has 0 bridgehead atoms. The van der Waals surface area contributed by atoms with Gasteiger partial charge < -0.3 is 4.90 Å². The molecule has 0 radical (unpaired) electrons. The van der Waals surface area contributed by atoms with Gasteiger partial charge in [0.25, 0.3) is 0 Å². The third-order valence-electron chi connectivity index (χ3n) is 3.84. The van der Waals surface area contributed by atoms with E-state index in [1.807, 2.05) is 24.8 Å². The second kappa shape index (κ2) is 3.58. The molecule has 1 aliphatic heterocycles. The molecule has 1 aromatic rings. The van der Waals surface area contributed by atoms with Gasteiger partial charge in [-0.1, -0.05) is 22.0 Å². The van der Waals surface area contributed by atoms with Crippen LogP contribution in [-0.4, -0.2) is 12.5 Å². The van der Waals surface area contributed by atoms with Crippen LogP contribution in [0.2, 0.25) is 0 Å². The first kappa shape index (κ1) is 11.3. The van der Waals surface area contributed by atoms with Crippen LogP contribution in [0, 0.1) is 5.92 Å². The van der Waals surface area contributed by atoms with Gasteiger partial charge in [-0.2, -0.15) is 0 Å². The molecule has 3 rings (SSSR count). The smallest absolute Gasteiger partial charge is 0.237 e. The predicted molar refractivity (Wildman–Crippen MR) is 72.2 cm³/mol. The van der Waals surface area contributed by atoms with Gasteiger partial charge in [0.05, 0.1) is 5.41 Å². The second-order valence-electron chi connectivity index (χ2n) is 5.65. The summed E-state index contributed by atoms with van der Waals surface area (Å²) in [6.45, 7) is 4.94. The second-order valence-corrected chi connectivity index (χ2v) is 6.56. The fourth-order valence-corrected chi connectivity index (χ4v) is 2.91. The average molecular weight is 294 g/mol. The third kappa shape index (κ3) is 1.71. The molecule has 0 atom stereocenters. The third-order valence-corrected chi connectivity index (χ3v) is 4.33. The molecular formula is C14H16BrNO. The van der Waals surface area contributed by atoms with Crippen LogP contribution in [0.1, 0.15) is 32.3 Å². The van der Waals surface area contributed by atoms with Gasteiger partial charge in [0.2, 0.25) is 5.91 Å². The standard InChI is InChI=1S/C14H16BrNO/c1-14(2)11-6-5-10(15)7-12(11)16(13(14)17)8-9-3-4-9/h5-7,9H,3-4,8H2,1-2H3. The van der Waals surface area contributed by atoms with Crippen LogP contribution in [0.15, 0.2) is 22.7 Å². The van der Waals surface area contributed by atoms with Crippen molar-refractivity contribution >= 4 is 27.5 Å². The normalized spacial score (nSPS) is 21.8. The zero-order valence-corrected chi connectivity index (χ0v) is 11.8. The molecule has 1 aliphatic carbocycles. The van der Waals surface area contributed by atoms with E-state index in [0.29, 0.717) is 0 Å². The van der Waals surface area contributed by atoms with E-state index in [0.717, 1.165) is 28.2 Å². The van der Waals surface area contributed by atoms with Gasteiger partial charge in [0.1, 0.15) is 0 Å². The minimum atomic E-state index is -0.370. The first-order chi connectivity index (χ1) is 8.00. The van der Waals surface area contributed by atoms with E-state index in [9.17, 15) is 4.79 Å². The van der Waals surface area contributed by atoms with Gasteiger partial charge in [-0.25, -0.2) is 0 Å². The maximum Gasteiger partial charge on any atom is 0.237 e. The average Bonchev–Trinajstić information content (AvgIpc) is 3.05. The molecule has 0 saturated heterocycles. The molecule has 90 valence electrons. The first-order valence-electron chi connectivity index (χ1n) is 6.12. The van der Waals surface area contributed by atoms with E-state index >= 15 is 0 Å². The number of rotatable bonds is 2. The topological polar surface area (TPSA) is 20.3 Å². The van der Waals surface area contributed by atoms with E-state index in [1.165, 1.54) is 12.8 Å². The van der Waals surface area contributed by atoms with Crippen LogP contribution in [0.3, 0.4) is 0 Å². The Labute approximate surface area is 110 Å². The number of anilines is 1. The van der Waals surface area contributed by atoms with E-state index in [4.69, 9.17) is 0 Å². The Morgan fingerprint density at radius 1 is 1.41 bits per heavy atom. The van der Waals surface area contributed by atoms with Gasteiger partial charge in [-0.15, -0.1) is 0 Å². The van der Waals surface area contributed by atoms with Crippen molar-refractivity contribution in [2.75, 3.05) is 11.4 Å². The van der Waals surface area contributed by atoms with E-state index < -0.39 is 0 Å². The van der Waals surface area contributed by atoms with E-state index in [1.54, 1.807) is 0 Å². The Morgan fingerprint density at radius 2 is 2.12 bits per heavy atom. The lowest BCUT2D eigenvalue weighted by molar-refractivity contribution is -0.122. The fourth-order valence-electron chi connectivity index (χ4n) is 2.56. The van der Waals surface area contributed by atoms with Crippen LogP contribution in [0.4, 0.5) is 5.69 Å². The van der Waals surface area contributed by atoms with Crippen molar-refractivity contribution in [3.63, 3.8) is 0 Å². The highest BCUT2D eigenvalue weighted by molar-refractivity contribution is 9.10. The molecule has 2 nitrogen and oxygen atoms in total. The quantitative estimate of drug-likeness (QED) is 0.817. The van der Waals surface area contributed by atoms with E-state index in [2.05, 4.69) is 28.1 Å². The summed E-state index contributed by atoms with van der Waals surface area (Å²) in [5.74, 6) is 0.970. The Kier molecular flexibility index (Phi) is 2.37. The monoisotopic (exact) mass is 293 g/mol. The van der Waals surface area contributed by atoms with Crippen molar-refractivity contribution in [3.8, 4) is 0 Å². The van der Waals surface area contributed by atoms with Crippen molar-refractivity contribution in [2.45, 2.75) is 32.1 Å². The summed E-state index contributed by atoms with van der Waals surface area (Å²) in [5.41, 5.74) is 1.89. The van der Waals surface area contributed by atoms with Gasteiger partial charge in [-0.05, 0) is 50.3 Å². The molecule has 1 fully saturated rings. The van der Waals surface area contributed by atoms with Crippen LogP contribution in [0.5, 0.6) is 0 Å². The number of carbonyl (C=O) groups is 1. The highest BCUT2D eigenvalue weighted by Gasteiger charge is 2.45. The summed E-state index contributed by atoms with van der Waals surface area (Å²) in [5, 5.41) is 0. The van der Waals surface area contributed by atoms with Crippen molar-refractivity contribution in [1.29, 1.82) is 0 Å². The highest BCUT2D eigenvalue weighted by Crippen LogP contribution is 2.44. The largest absolute Gasteiger partial charge is 0.311 e. The zero-order valence-electron chi connectivity index (χ0n) is 10.2. The lowest BCUT2D eigenvalue weighted by Crippen LogP contribution is -2.37. The summed E-state index contributed by atoms with van der Waals surface area (Å²) in [4.78, 5) is 14.5. The predicted octanol–water partition coefficient (Wildman–Crippen LogP) is 3.48. The molecule has 3 heteroatoms. The molecule has 1 heterocycles. The molecule has 1 aromatic carbocycles. The van der Waals surface area contributed by atoms with Crippen molar-refractivity contribution < 1.29 is 4.79 Å². The highest BCUT2D eigenvalue weighted by atomic mass is 79.9. The number of benzene rings is 1. The Morgan fingerprint density at radius 3 is 2.76 bits per heavy atom. The van der Waals surface area contributed by atoms with Crippen LogP contribution in [-0.2, 0) is 10.2 Å². The Bertz CT molecular complexity index is 491. The Balaban J connectivity index is 2.07. The van der Waals surface area contributed by atoms with E-state index in [-0.39, 0.29) is 11.3 Å². The number of hydrogen-bond donors (Lipinski definition) is 0. The number of hydrogen-bond acceptors (Lipinski definition) is 1. The van der Waals surface area contributed by atoms with Crippen LogP contribution >= 0.6 is 15.9 Å². The Hall–Kier alpha value is -0.830. The number of nitrogens with zero attached hydrogens (tertiary/aromatic N) is 1. The van der Waals surface area contributed by atoms with Gasteiger partial charge >= 0.3 is 0 Å². The number of amides is 1. The summed E-state index contributed by atoms with van der Waals surface area (Å²) >= 11 is 3.49. The number of halogens is 1. The number of fused-ring (bicyclic) bond motifs is 1. The molecule has 0 aromatic heterocycles. The lowest BCUT2D eigenvalue weighted by atomic mass is 9.86. The lowest BCUT2D eigenvalue weighted by Gasteiger charge is -2.20. The zero-order chi connectivity index (χ0) is 12.2. The minimum Gasteiger partial charge on any atom is -0.311 e. The van der Waals surface area contributed by atoms with Gasteiger partial charge in [-0.3, -0.25) is 4.79 Å². The molecule has 1 saturated carbocycles. The molecule has 0 N–H and O–H groups in total. The first-order valence-corrected chi connectivity index (χ1v) is 6.91. The molecule has 2 aliphatic rings. The SMILES string of the molecule is CC1(C)C(=O)N(CC2CC2)c2cc(Br)ccc21.